The van der Waals surface area contributed by atoms with Crippen LogP contribution in [0, 0.1) is 0 Å². The SMILES string of the molecule is CCCCCCCCCCCCCCCCCCN(C(C)=O)C(=O)[C@@H]1CSC(c2ccccc2)N1. The van der Waals surface area contributed by atoms with E-state index >= 15 is 0 Å². The summed E-state index contributed by atoms with van der Waals surface area (Å²) in [5, 5.41) is 3.54. The highest BCUT2D eigenvalue weighted by Gasteiger charge is 2.34. The second kappa shape index (κ2) is 18.9. The topological polar surface area (TPSA) is 49.4 Å². The maximum absolute atomic E-state index is 13.0. The zero-order chi connectivity index (χ0) is 25.1. The molecule has 0 radical (unpaired) electrons. The summed E-state index contributed by atoms with van der Waals surface area (Å²) in [5.41, 5.74) is 1.18. The van der Waals surface area contributed by atoms with E-state index in [1.807, 2.05) is 18.2 Å². The molecule has 2 amide bonds. The van der Waals surface area contributed by atoms with E-state index in [0.717, 1.165) is 12.8 Å². The summed E-state index contributed by atoms with van der Waals surface area (Å²) in [6.07, 6.45) is 21.2. The Balaban J connectivity index is 1.48. The van der Waals surface area contributed by atoms with Gasteiger partial charge in [0.05, 0.1) is 11.4 Å². The average Bonchev–Trinajstić information content (AvgIpc) is 3.36. The van der Waals surface area contributed by atoms with Gasteiger partial charge in [-0.05, 0) is 12.0 Å². The second-order valence-electron chi connectivity index (χ2n) is 10.2. The van der Waals surface area contributed by atoms with Crippen molar-refractivity contribution in [2.45, 2.75) is 128 Å². The fraction of sp³-hybridized carbons (Fsp3) is 0.733. The van der Waals surface area contributed by atoms with Crippen LogP contribution in [-0.4, -0.2) is 35.1 Å². The molecule has 35 heavy (non-hydrogen) atoms. The molecule has 4 nitrogen and oxygen atoms in total. The largest absolute Gasteiger partial charge is 0.290 e. The molecular weight excluding hydrogens is 452 g/mol. The maximum atomic E-state index is 13.0. The normalized spacial score (nSPS) is 17.5. The number of nitrogens with zero attached hydrogens (tertiary/aromatic N) is 1. The molecule has 0 aliphatic carbocycles. The van der Waals surface area contributed by atoms with Crippen LogP contribution in [0.2, 0.25) is 0 Å². The average molecular weight is 503 g/mol. The molecule has 5 heteroatoms. The van der Waals surface area contributed by atoms with Crippen molar-refractivity contribution < 1.29 is 9.59 Å². The quantitative estimate of drug-likeness (QED) is 0.195. The molecule has 1 heterocycles. The first-order valence-electron chi connectivity index (χ1n) is 14.4. The number of amides is 2. The molecule has 2 atom stereocenters. The minimum absolute atomic E-state index is 0.0654. The standard InChI is InChI=1S/C30H50N2O2S/c1-3-4-5-6-7-8-9-10-11-12-13-14-15-16-17-21-24-32(26(2)33)30(34)28-25-35-29(31-28)27-22-19-18-20-23-27/h18-20,22-23,28-29,31H,3-17,21,24-25H2,1-2H3/t28-,29?/m0/s1. The van der Waals surface area contributed by atoms with Crippen LogP contribution in [-0.2, 0) is 9.59 Å². The third-order valence-electron chi connectivity index (χ3n) is 7.06. The van der Waals surface area contributed by atoms with Crippen molar-refractivity contribution >= 4 is 23.6 Å². The van der Waals surface area contributed by atoms with Crippen molar-refractivity contribution in [3.8, 4) is 0 Å². The van der Waals surface area contributed by atoms with Crippen LogP contribution in [0.4, 0.5) is 0 Å². The summed E-state index contributed by atoms with van der Waals surface area (Å²) in [4.78, 5) is 26.6. The number of carbonyl (C=O) groups is 2. The van der Waals surface area contributed by atoms with Gasteiger partial charge >= 0.3 is 0 Å². The fourth-order valence-corrected chi connectivity index (χ4v) is 6.10. The number of nitrogens with one attached hydrogen (secondary N) is 1. The number of hydrogen-bond donors (Lipinski definition) is 1. The molecule has 0 saturated carbocycles. The van der Waals surface area contributed by atoms with Crippen molar-refractivity contribution in [1.29, 1.82) is 0 Å². The first kappa shape index (κ1) is 29.9. The maximum Gasteiger partial charge on any atom is 0.247 e. The monoisotopic (exact) mass is 502 g/mol. The van der Waals surface area contributed by atoms with E-state index in [9.17, 15) is 9.59 Å². The number of thioether (sulfide) groups is 1. The third kappa shape index (κ3) is 12.5. The zero-order valence-corrected chi connectivity index (χ0v) is 23.3. The molecule has 0 bridgehead atoms. The van der Waals surface area contributed by atoms with Gasteiger partial charge in [-0.2, -0.15) is 0 Å². The van der Waals surface area contributed by atoms with Gasteiger partial charge in [0.25, 0.3) is 0 Å². The van der Waals surface area contributed by atoms with E-state index in [4.69, 9.17) is 0 Å². The number of imide groups is 1. The summed E-state index contributed by atoms with van der Waals surface area (Å²) >= 11 is 1.74. The summed E-state index contributed by atoms with van der Waals surface area (Å²) in [5.74, 6) is 0.511. The first-order valence-corrected chi connectivity index (χ1v) is 15.4. The summed E-state index contributed by atoms with van der Waals surface area (Å²) < 4.78 is 0. The van der Waals surface area contributed by atoms with Crippen molar-refractivity contribution in [2.75, 3.05) is 12.3 Å². The van der Waals surface area contributed by atoms with E-state index in [0.29, 0.717) is 12.3 Å². The Labute approximate surface area is 219 Å². The Morgan fingerprint density at radius 3 is 1.77 bits per heavy atom. The lowest BCUT2D eigenvalue weighted by Gasteiger charge is -2.23. The van der Waals surface area contributed by atoms with Gasteiger partial charge in [0, 0.05) is 19.2 Å². The van der Waals surface area contributed by atoms with E-state index in [1.165, 1.54) is 107 Å². The van der Waals surface area contributed by atoms with Gasteiger partial charge < -0.3 is 0 Å². The Hall–Kier alpha value is -1.33. The molecule has 1 aromatic rings. The molecular formula is C30H50N2O2S. The molecule has 0 aromatic heterocycles. The van der Waals surface area contributed by atoms with Gasteiger partial charge in [-0.15, -0.1) is 11.8 Å². The van der Waals surface area contributed by atoms with E-state index < -0.39 is 0 Å². The van der Waals surface area contributed by atoms with Gasteiger partial charge in [-0.1, -0.05) is 134 Å². The minimum Gasteiger partial charge on any atom is -0.290 e. The Kier molecular flexibility index (Phi) is 16.1. The van der Waals surface area contributed by atoms with Crippen LogP contribution in [0.25, 0.3) is 0 Å². The molecule has 1 saturated heterocycles. The Bertz CT molecular complexity index is 697. The van der Waals surface area contributed by atoms with Crippen LogP contribution >= 0.6 is 11.8 Å². The van der Waals surface area contributed by atoms with Gasteiger partial charge in [0.1, 0.15) is 0 Å². The number of unbranched alkanes of at least 4 members (excludes halogenated alkanes) is 15. The van der Waals surface area contributed by atoms with E-state index in [-0.39, 0.29) is 23.2 Å². The smallest absolute Gasteiger partial charge is 0.247 e. The molecule has 0 spiro atoms. The Morgan fingerprint density at radius 2 is 1.29 bits per heavy atom. The zero-order valence-electron chi connectivity index (χ0n) is 22.4. The van der Waals surface area contributed by atoms with Gasteiger partial charge in [-0.3, -0.25) is 19.8 Å². The molecule has 1 aromatic carbocycles. The number of rotatable bonds is 19. The van der Waals surface area contributed by atoms with Gasteiger partial charge in [0.15, 0.2) is 0 Å². The molecule has 2 rings (SSSR count). The summed E-state index contributed by atoms with van der Waals surface area (Å²) in [7, 11) is 0. The molecule has 1 unspecified atom stereocenters. The van der Waals surface area contributed by atoms with E-state index in [1.54, 1.807) is 11.8 Å². The summed E-state index contributed by atoms with van der Waals surface area (Å²) in [6.45, 7) is 4.34. The highest BCUT2D eigenvalue weighted by Crippen LogP contribution is 2.33. The lowest BCUT2D eigenvalue weighted by molar-refractivity contribution is -0.144. The van der Waals surface area contributed by atoms with Crippen molar-refractivity contribution in [2.24, 2.45) is 0 Å². The molecule has 1 N–H and O–H groups in total. The third-order valence-corrected chi connectivity index (χ3v) is 8.33. The van der Waals surface area contributed by atoms with Crippen molar-refractivity contribution in [3.05, 3.63) is 35.9 Å². The summed E-state index contributed by atoms with van der Waals surface area (Å²) in [6, 6.07) is 9.92. The molecule has 1 aliphatic heterocycles. The Morgan fingerprint density at radius 1 is 0.800 bits per heavy atom. The highest BCUT2D eigenvalue weighted by molar-refractivity contribution is 7.99. The predicted molar refractivity (Wildman–Crippen MR) is 151 cm³/mol. The highest BCUT2D eigenvalue weighted by atomic mass is 32.2. The lowest BCUT2D eigenvalue weighted by atomic mass is 10.0. The van der Waals surface area contributed by atoms with Crippen molar-refractivity contribution in [1.82, 2.24) is 10.2 Å². The van der Waals surface area contributed by atoms with Crippen LogP contribution < -0.4 is 5.32 Å². The van der Waals surface area contributed by atoms with Crippen LogP contribution in [0.5, 0.6) is 0 Å². The predicted octanol–water partition coefficient (Wildman–Crippen LogP) is 8.03. The number of hydrogen-bond acceptors (Lipinski definition) is 4. The fourth-order valence-electron chi connectivity index (χ4n) is 4.86. The van der Waals surface area contributed by atoms with Crippen molar-refractivity contribution in [3.63, 3.8) is 0 Å². The molecule has 1 aliphatic rings. The minimum atomic E-state index is -0.282. The van der Waals surface area contributed by atoms with Gasteiger partial charge in [-0.25, -0.2) is 0 Å². The molecule has 1 fully saturated rings. The van der Waals surface area contributed by atoms with E-state index in [2.05, 4.69) is 24.4 Å². The van der Waals surface area contributed by atoms with Crippen LogP contribution in [0.1, 0.15) is 128 Å². The van der Waals surface area contributed by atoms with Gasteiger partial charge in [0.2, 0.25) is 11.8 Å². The van der Waals surface area contributed by atoms with Crippen LogP contribution in [0.3, 0.4) is 0 Å². The first-order chi connectivity index (χ1) is 17.1. The molecule has 198 valence electrons. The number of carbonyl (C=O) groups excluding carboxylic acids is 2. The van der Waals surface area contributed by atoms with Crippen LogP contribution in [0.15, 0.2) is 30.3 Å². The lowest BCUT2D eigenvalue weighted by Crippen LogP contribution is -2.47. The number of benzene rings is 1. The second-order valence-corrected chi connectivity index (χ2v) is 11.3.